The lowest BCUT2D eigenvalue weighted by Gasteiger charge is -2.31. The molecule has 1 fully saturated rings. The van der Waals surface area contributed by atoms with Crippen molar-refractivity contribution >= 4 is 23.5 Å². The molecule has 4 atom stereocenters. The van der Waals surface area contributed by atoms with Crippen molar-refractivity contribution in [2.75, 3.05) is 13.1 Å². The predicted octanol–water partition coefficient (Wildman–Crippen LogP) is -0.492. The number of rotatable bonds is 11. The van der Waals surface area contributed by atoms with E-state index in [1.807, 2.05) is 35.2 Å². The Bertz CT molecular complexity index is 769. The van der Waals surface area contributed by atoms with Gasteiger partial charge in [0.1, 0.15) is 11.8 Å². The van der Waals surface area contributed by atoms with E-state index in [0.717, 1.165) is 18.4 Å². The van der Waals surface area contributed by atoms with Crippen LogP contribution in [0.2, 0.25) is 0 Å². The van der Waals surface area contributed by atoms with Crippen molar-refractivity contribution in [3.05, 3.63) is 35.9 Å². The minimum absolute atomic E-state index is 0.0560. The van der Waals surface area contributed by atoms with E-state index in [1.54, 1.807) is 6.92 Å². The third-order valence-corrected chi connectivity index (χ3v) is 5.44. The van der Waals surface area contributed by atoms with Crippen LogP contribution in [0.1, 0.15) is 38.7 Å². The first kappa shape index (κ1) is 24.5. The van der Waals surface area contributed by atoms with Gasteiger partial charge in [-0.1, -0.05) is 30.3 Å². The Kier molecular flexibility index (Phi) is 9.14. The molecule has 1 aliphatic rings. The highest BCUT2D eigenvalue weighted by molar-refractivity contribution is 5.91. The molecule has 0 spiro atoms. The number of carbonyl (C=O) groups is 4. The van der Waals surface area contributed by atoms with E-state index in [2.05, 4.69) is 10.6 Å². The average Bonchev–Trinajstić information content (AvgIpc) is 3.15. The Morgan fingerprint density at radius 2 is 1.84 bits per heavy atom. The Morgan fingerprint density at radius 3 is 2.42 bits per heavy atom. The van der Waals surface area contributed by atoms with E-state index in [0.29, 0.717) is 13.0 Å². The lowest BCUT2D eigenvalue weighted by Crippen LogP contribution is -2.56. The summed E-state index contributed by atoms with van der Waals surface area (Å²) in [7, 11) is 0. The van der Waals surface area contributed by atoms with Crippen LogP contribution in [0.5, 0.6) is 0 Å². The average molecular weight is 433 g/mol. The van der Waals surface area contributed by atoms with Crippen molar-refractivity contribution in [1.29, 1.82) is 0 Å². The van der Waals surface area contributed by atoms with E-state index in [4.69, 9.17) is 5.73 Å². The molecular weight excluding hydrogens is 400 g/mol. The van der Waals surface area contributed by atoms with Crippen LogP contribution in [0.15, 0.2) is 30.3 Å². The summed E-state index contributed by atoms with van der Waals surface area (Å²) in [6, 6.07) is 7.31. The molecule has 1 saturated heterocycles. The predicted molar refractivity (Wildman–Crippen MR) is 115 cm³/mol. The Hall–Kier alpha value is -2.78. The molecule has 0 saturated carbocycles. The zero-order chi connectivity index (χ0) is 23.0. The third-order valence-electron chi connectivity index (χ3n) is 5.44. The molecule has 0 aliphatic carbocycles. The molecule has 2 rings (SSSR count). The highest BCUT2D eigenvalue weighted by Gasteiger charge is 2.33. The van der Waals surface area contributed by atoms with Crippen LogP contribution < -0.4 is 16.4 Å². The third kappa shape index (κ3) is 7.76. The zero-order valence-corrected chi connectivity index (χ0v) is 18.0. The van der Waals surface area contributed by atoms with Gasteiger partial charge in [0.05, 0.1) is 24.6 Å². The minimum atomic E-state index is -1.13. The van der Waals surface area contributed by atoms with Crippen molar-refractivity contribution in [3.8, 4) is 0 Å². The van der Waals surface area contributed by atoms with Crippen LogP contribution in [0.3, 0.4) is 0 Å². The maximum Gasteiger partial charge on any atom is 0.243 e. The smallest absolute Gasteiger partial charge is 0.243 e. The summed E-state index contributed by atoms with van der Waals surface area (Å²) in [4.78, 5) is 49.4. The lowest BCUT2D eigenvalue weighted by atomic mass is 9.99. The molecule has 5 N–H and O–H groups in total. The molecule has 0 unspecified atom stereocenters. The van der Waals surface area contributed by atoms with Crippen LogP contribution in [-0.2, 0) is 25.6 Å². The fraction of sp³-hybridized carbons (Fsp3) is 0.545. The van der Waals surface area contributed by atoms with Gasteiger partial charge in [0, 0.05) is 13.5 Å². The number of likely N-dealkylation sites (tertiary alicyclic amines) is 1. The van der Waals surface area contributed by atoms with E-state index in [-0.39, 0.29) is 24.8 Å². The van der Waals surface area contributed by atoms with E-state index in [9.17, 15) is 24.3 Å². The highest BCUT2D eigenvalue weighted by atomic mass is 16.3. The number of aliphatic hydroxyl groups is 1. The summed E-state index contributed by atoms with van der Waals surface area (Å²) in [6.07, 6.45) is 0.653. The summed E-state index contributed by atoms with van der Waals surface area (Å²) in [6.45, 7) is 3.71. The highest BCUT2D eigenvalue weighted by Crippen LogP contribution is 2.19. The van der Waals surface area contributed by atoms with Crippen molar-refractivity contribution in [3.63, 3.8) is 0 Å². The van der Waals surface area contributed by atoms with Crippen molar-refractivity contribution in [1.82, 2.24) is 15.5 Å². The zero-order valence-electron chi connectivity index (χ0n) is 18.0. The van der Waals surface area contributed by atoms with Gasteiger partial charge < -0.3 is 21.5 Å². The Morgan fingerprint density at radius 1 is 1.16 bits per heavy atom. The normalized spacial score (nSPS) is 19.3. The molecule has 1 aliphatic heterocycles. The number of nitrogens with zero attached hydrogens (tertiary/aromatic N) is 1. The molecule has 0 aromatic heterocycles. The van der Waals surface area contributed by atoms with Crippen LogP contribution >= 0.6 is 0 Å². The molecule has 170 valence electrons. The van der Waals surface area contributed by atoms with Crippen LogP contribution in [0, 0.1) is 0 Å². The van der Waals surface area contributed by atoms with Gasteiger partial charge in [-0.15, -0.1) is 0 Å². The largest absolute Gasteiger partial charge is 0.390 e. The molecule has 1 heterocycles. The van der Waals surface area contributed by atoms with E-state index >= 15 is 0 Å². The Balaban J connectivity index is 2.16. The maximum absolute atomic E-state index is 12.8. The first-order chi connectivity index (χ1) is 14.7. The minimum Gasteiger partial charge on any atom is -0.390 e. The molecule has 0 radical (unpaired) electrons. The van der Waals surface area contributed by atoms with Gasteiger partial charge >= 0.3 is 0 Å². The van der Waals surface area contributed by atoms with Gasteiger partial charge in [-0.3, -0.25) is 24.1 Å². The van der Waals surface area contributed by atoms with Crippen LogP contribution in [-0.4, -0.2) is 70.8 Å². The molecule has 3 amide bonds. The van der Waals surface area contributed by atoms with Gasteiger partial charge in [0.15, 0.2) is 0 Å². The Labute approximate surface area is 182 Å². The number of nitrogens with two attached hydrogens (primary N) is 1. The second kappa shape index (κ2) is 11.6. The molecule has 9 nitrogen and oxygen atoms in total. The molecule has 1 aromatic carbocycles. The fourth-order valence-electron chi connectivity index (χ4n) is 3.96. The topological polar surface area (TPSA) is 142 Å². The summed E-state index contributed by atoms with van der Waals surface area (Å²) in [5.41, 5.74) is 6.12. The number of nitrogens with one attached hydrogen (secondary N) is 2. The van der Waals surface area contributed by atoms with Crippen molar-refractivity contribution in [2.24, 2.45) is 5.73 Å². The number of benzene rings is 1. The van der Waals surface area contributed by atoms with E-state index < -0.39 is 35.9 Å². The molecule has 31 heavy (non-hydrogen) atoms. The number of amides is 3. The number of ketones is 1. The van der Waals surface area contributed by atoms with Crippen molar-refractivity contribution < 1.29 is 24.3 Å². The second-order valence-electron chi connectivity index (χ2n) is 8.06. The monoisotopic (exact) mass is 432 g/mol. The van der Waals surface area contributed by atoms with Gasteiger partial charge in [0.25, 0.3) is 0 Å². The van der Waals surface area contributed by atoms with E-state index in [1.165, 1.54) is 6.92 Å². The number of β-amino-alcohol motifs (C(OH)–C–C–N with tert-alkyl or cyclic N) is 1. The molecule has 1 aromatic rings. The van der Waals surface area contributed by atoms with Gasteiger partial charge in [-0.25, -0.2) is 0 Å². The fourth-order valence-corrected chi connectivity index (χ4v) is 3.96. The first-order valence-corrected chi connectivity index (χ1v) is 10.5. The number of primary amides is 1. The lowest BCUT2D eigenvalue weighted by molar-refractivity contribution is -0.131. The quantitative estimate of drug-likeness (QED) is 0.372. The molecule has 9 heteroatoms. The summed E-state index contributed by atoms with van der Waals surface area (Å²) in [5.74, 6) is -1.74. The number of hydrogen-bond acceptors (Lipinski definition) is 6. The van der Waals surface area contributed by atoms with Gasteiger partial charge in [-0.05, 0) is 38.3 Å². The molecule has 0 bridgehead atoms. The maximum atomic E-state index is 12.8. The van der Waals surface area contributed by atoms with Crippen LogP contribution in [0.25, 0.3) is 0 Å². The molecular formula is C22H32N4O5. The number of hydrogen-bond donors (Lipinski definition) is 4. The number of Topliss-reactive ketones (excluding diaryl/α,β-unsaturated/α-hetero) is 1. The summed E-state index contributed by atoms with van der Waals surface area (Å²) >= 11 is 0. The van der Waals surface area contributed by atoms with Gasteiger partial charge in [-0.2, -0.15) is 0 Å². The van der Waals surface area contributed by atoms with Crippen molar-refractivity contribution in [2.45, 2.75) is 63.8 Å². The summed E-state index contributed by atoms with van der Waals surface area (Å²) < 4.78 is 0. The first-order valence-electron chi connectivity index (χ1n) is 10.5. The van der Waals surface area contributed by atoms with Crippen LogP contribution in [0.4, 0.5) is 0 Å². The number of aliphatic hydroxyl groups excluding tert-OH is 1. The number of carbonyl (C=O) groups excluding carboxylic acids is 4. The summed E-state index contributed by atoms with van der Waals surface area (Å²) in [5, 5.41) is 16.2. The standard InChI is InChI=1S/C22H32N4O5/c1-14(27)19-9-6-10-26(19)13-20(29)17(11-16-7-4-3-5-8-16)25-22(31)18(12-21(23)30)24-15(2)28/h3-5,7-8,17-20,29H,6,9-13H2,1-2H3,(H2,23,30)(H,24,28)(H,25,31)/t17-,18-,19-,20-/m0/s1. The van der Waals surface area contributed by atoms with Gasteiger partial charge in [0.2, 0.25) is 17.7 Å². The SMILES string of the molecule is CC(=O)N[C@@H](CC(N)=O)C(=O)N[C@@H](Cc1ccccc1)[C@@H](O)CN1CCC[C@H]1C(C)=O. The second-order valence-corrected chi connectivity index (χ2v) is 8.06.